The van der Waals surface area contributed by atoms with Gasteiger partial charge in [0, 0.05) is 43.4 Å². The van der Waals surface area contributed by atoms with Crippen LogP contribution in [0.15, 0.2) is 47.6 Å². The highest BCUT2D eigenvalue weighted by molar-refractivity contribution is 7.99. The molecule has 0 aliphatic rings. The van der Waals surface area contributed by atoms with E-state index in [0.717, 1.165) is 5.56 Å². The molecular weight excluding hydrogens is 444 g/mol. The van der Waals surface area contributed by atoms with E-state index in [2.05, 4.69) is 20.8 Å². The summed E-state index contributed by atoms with van der Waals surface area (Å²) in [5, 5.41) is 25.3. The van der Waals surface area contributed by atoms with E-state index in [1.165, 1.54) is 30.0 Å². The highest BCUT2D eigenvalue weighted by atomic mass is 32.2. The molecule has 3 aromatic rings. The molecule has 0 bridgehead atoms. The summed E-state index contributed by atoms with van der Waals surface area (Å²) < 4.78 is 1.78. The van der Waals surface area contributed by atoms with Crippen molar-refractivity contribution >= 4 is 35.0 Å². The summed E-state index contributed by atoms with van der Waals surface area (Å²) in [6, 6.07) is 11.6. The lowest BCUT2D eigenvalue weighted by Crippen LogP contribution is -2.26. The summed E-state index contributed by atoms with van der Waals surface area (Å²) in [5.74, 6) is 0.386. The van der Waals surface area contributed by atoms with Gasteiger partial charge in [-0.05, 0) is 37.6 Å². The SMILES string of the molecule is Cc1ccc(C(=O)NCCc2nnc(SCC(=O)Nc3ccc([N+](=O)[O-])cc3C)n2C)cc1. The lowest BCUT2D eigenvalue weighted by Gasteiger charge is -2.08. The molecule has 0 spiro atoms. The number of nitro benzene ring substituents is 1. The molecule has 0 fully saturated rings. The van der Waals surface area contributed by atoms with Crippen LogP contribution in [0.1, 0.15) is 27.3 Å². The van der Waals surface area contributed by atoms with Crippen LogP contribution >= 0.6 is 11.8 Å². The van der Waals surface area contributed by atoms with Crippen LogP contribution in [0.4, 0.5) is 11.4 Å². The Bertz CT molecular complexity index is 1180. The van der Waals surface area contributed by atoms with Crippen molar-refractivity contribution in [1.82, 2.24) is 20.1 Å². The molecule has 0 saturated carbocycles. The maximum Gasteiger partial charge on any atom is 0.269 e. The fraction of sp³-hybridized carbons (Fsp3) is 0.273. The Labute approximate surface area is 194 Å². The van der Waals surface area contributed by atoms with Crippen molar-refractivity contribution in [3.8, 4) is 0 Å². The number of non-ortho nitro benzene ring substituents is 1. The van der Waals surface area contributed by atoms with E-state index in [1.807, 2.05) is 19.1 Å². The fourth-order valence-electron chi connectivity index (χ4n) is 3.00. The van der Waals surface area contributed by atoms with Gasteiger partial charge in [0.05, 0.1) is 10.7 Å². The lowest BCUT2D eigenvalue weighted by molar-refractivity contribution is -0.384. The first-order valence-corrected chi connectivity index (χ1v) is 11.1. The van der Waals surface area contributed by atoms with Crippen molar-refractivity contribution in [3.63, 3.8) is 0 Å². The summed E-state index contributed by atoms with van der Waals surface area (Å²) in [5.41, 5.74) is 2.79. The zero-order valence-corrected chi connectivity index (χ0v) is 19.3. The Balaban J connectivity index is 1.48. The van der Waals surface area contributed by atoms with Gasteiger partial charge in [-0.15, -0.1) is 10.2 Å². The molecule has 2 aromatic carbocycles. The number of nitro groups is 1. The average Bonchev–Trinajstić information content (AvgIpc) is 3.13. The van der Waals surface area contributed by atoms with E-state index in [-0.39, 0.29) is 23.3 Å². The zero-order chi connectivity index (χ0) is 24.0. The zero-order valence-electron chi connectivity index (χ0n) is 18.5. The van der Waals surface area contributed by atoms with Crippen molar-refractivity contribution in [3.05, 3.63) is 75.1 Å². The number of carbonyl (C=O) groups excluding carboxylic acids is 2. The van der Waals surface area contributed by atoms with Gasteiger partial charge >= 0.3 is 0 Å². The van der Waals surface area contributed by atoms with Gasteiger partial charge in [0.1, 0.15) is 5.82 Å². The number of anilines is 1. The first-order valence-electron chi connectivity index (χ1n) is 10.2. The van der Waals surface area contributed by atoms with Gasteiger partial charge in [0.25, 0.3) is 11.6 Å². The number of nitrogens with zero attached hydrogens (tertiary/aromatic N) is 4. The van der Waals surface area contributed by atoms with Crippen molar-refractivity contribution < 1.29 is 14.5 Å². The second-order valence-electron chi connectivity index (χ2n) is 7.42. The molecule has 0 unspecified atom stereocenters. The van der Waals surface area contributed by atoms with Crippen LogP contribution in [-0.2, 0) is 18.3 Å². The molecule has 0 atom stereocenters. The number of aryl methyl sites for hydroxylation is 2. The molecule has 0 aliphatic heterocycles. The van der Waals surface area contributed by atoms with Gasteiger partial charge in [0.2, 0.25) is 5.91 Å². The standard InChI is InChI=1S/C22H24N6O4S/c1-14-4-6-16(7-5-14)21(30)23-11-10-19-25-26-22(27(19)3)33-13-20(29)24-18-9-8-17(28(31)32)12-15(18)2/h4-9,12H,10-11,13H2,1-3H3,(H,23,30)(H,24,29). The van der Waals surface area contributed by atoms with E-state index in [1.54, 1.807) is 30.7 Å². The predicted molar refractivity (Wildman–Crippen MR) is 125 cm³/mol. The normalized spacial score (nSPS) is 10.6. The van der Waals surface area contributed by atoms with E-state index in [0.29, 0.717) is 40.8 Å². The first kappa shape index (κ1) is 23.9. The molecule has 0 saturated heterocycles. The van der Waals surface area contributed by atoms with Crippen LogP contribution in [0.5, 0.6) is 0 Å². The van der Waals surface area contributed by atoms with E-state index in [4.69, 9.17) is 0 Å². The minimum absolute atomic E-state index is 0.0263. The highest BCUT2D eigenvalue weighted by Crippen LogP contribution is 2.22. The summed E-state index contributed by atoms with van der Waals surface area (Å²) in [7, 11) is 1.80. The lowest BCUT2D eigenvalue weighted by atomic mass is 10.1. The van der Waals surface area contributed by atoms with Crippen LogP contribution in [-0.4, -0.2) is 43.8 Å². The summed E-state index contributed by atoms with van der Waals surface area (Å²) in [6.07, 6.45) is 0.496. The molecule has 0 radical (unpaired) electrons. The monoisotopic (exact) mass is 468 g/mol. The number of benzene rings is 2. The van der Waals surface area contributed by atoms with Crippen molar-refractivity contribution in [2.75, 3.05) is 17.6 Å². The Hall–Kier alpha value is -3.73. The van der Waals surface area contributed by atoms with Crippen LogP contribution in [0.25, 0.3) is 0 Å². The molecule has 2 N–H and O–H groups in total. The molecule has 1 aromatic heterocycles. The predicted octanol–water partition coefficient (Wildman–Crippen LogP) is 3.04. The third-order valence-electron chi connectivity index (χ3n) is 4.90. The molecule has 2 amide bonds. The number of thioether (sulfide) groups is 1. The van der Waals surface area contributed by atoms with Gasteiger partial charge in [0.15, 0.2) is 5.16 Å². The summed E-state index contributed by atoms with van der Waals surface area (Å²) in [4.78, 5) is 34.9. The number of hydrogen-bond donors (Lipinski definition) is 2. The van der Waals surface area contributed by atoms with Gasteiger partial charge in [-0.2, -0.15) is 0 Å². The average molecular weight is 469 g/mol. The van der Waals surface area contributed by atoms with Crippen LogP contribution in [0, 0.1) is 24.0 Å². The first-order chi connectivity index (χ1) is 15.7. The number of nitrogens with one attached hydrogen (secondary N) is 2. The molecule has 3 rings (SSSR count). The van der Waals surface area contributed by atoms with Gasteiger partial charge in [-0.1, -0.05) is 29.5 Å². The Morgan fingerprint density at radius 2 is 1.85 bits per heavy atom. The number of aromatic nitrogens is 3. The van der Waals surface area contributed by atoms with Crippen LogP contribution in [0.3, 0.4) is 0 Å². The topological polar surface area (TPSA) is 132 Å². The van der Waals surface area contributed by atoms with Crippen LogP contribution in [0.2, 0.25) is 0 Å². The molecule has 1 heterocycles. The Morgan fingerprint density at radius 3 is 2.52 bits per heavy atom. The van der Waals surface area contributed by atoms with E-state index in [9.17, 15) is 19.7 Å². The quantitative estimate of drug-likeness (QED) is 0.280. The minimum atomic E-state index is -0.478. The second-order valence-corrected chi connectivity index (χ2v) is 8.37. The smallest absolute Gasteiger partial charge is 0.269 e. The fourth-order valence-corrected chi connectivity index (χ4v) is 3.73. The third kappa shape index (κ3) is 6.39. The highest BCUT2D eigenvalue weighted by Gasteiger charge is 2.14. The number of amides is 2. The maximum atomic E-state index is 12.3. The molecular formula is C22H24N6O4S. The van der Waals surface area contributed by atoms with Crippen molar-refractivity contribution in [2.45, 2.75) is 25.4 Å². The third-order valence-corrected chi connectivity index (χ3v) is 5.92. The van der Waals surface area contributed by atoms with Crippen LogP contribution < -0.4 is 10.6 Å². The van der Waals surface area contributed by atoms with E-state index >= 15 is 0 Å². The van der Waals surface area contributed by atoms with Gasteiger partial charge in [-0.25, -0.2) is 0 Å². The Morgan fingerprint density at radius 1 is 1.12 bits per heavy atom. The van der Waals surface area contributed by atoms with Crippen molar-refractivity contribution in [2.24, 2.45) is 7.05 Å². The number of rotatable bonds is 9. The molecule has 10 nitrogen and oxygen atoms in total. The molecule has 11 heteroatoms. The summed E-state index contributed by atoms with van der Waals surface area (Å²) >= 11 is 1.23. The van der Waals surface area contributed by atoms with Gasteiger partial charge in [-0.3, -0.25) is 19.7 Å². The maximum absolute atomic E-state index is 12.3. The summed E-state index contributed by atoms with van der Waals surface area (Å²) in [6.45, 7) is 4.07. The second kappa shape index (κ2) is 10.7. The largest absolute Gasteiger partial charge is 0.352 e. The Kier molecular flexibility index (Phi) is 7.78. The van der Waals surface area contributed by atoms with E-state index < -0.39 is 4.92 Å². The number of carbonyl (C=O) groups is 2. The molecule has 0 aliphatic carbocycles. The minimum Gasteiger partial charge on any atom is -0.352 e. The molecule has 33 heavy (non-hydrogen) atoms. The number of hydrogen-bond acceptors (Lipinski definition) is 7. The van der Waals surface area contributed by atoms with Gasteiger partial charge < -0.3 is 15.2 Å². The van der Waals surface area contributed by atoms with Crippen molar-refractivity contribution in [1.29, 1.82) is 0 Å². The molecule has 172 valence electrons.